The van der Waals surface area contributed by atoms with E-state index in [4.69, 9.17) is 28.9 Å². The van der Waals surface area contributed by atoms with Crippen LogP contribution in [0.5, 0.6) is 0 Å². The van der Waals surface area contributed by atoms with E-state index < -0.39 is 17.9 Å². The monoisotopic (exact) mass is 288 g/mol. The minimum Gasteiger partial charge on any atom is -0.316 e. The number of hydrogen-bond donors (Lipinski definition) is 1. The summed E-state index contributed by atoms with van der Waals surface area (Å²) in [7, 11) is 0. The zero-order valence-corrected chi connectivity index (χ0v) is 10.6. The van der Waals surface area contributed by atoms with Crippen molar-refractivity contribution in [1.29, 1.82) is 0 Å². The van der Waals surface area contributed by atoms with E-state index in [1.165, 1.54) is 6.20 Å². The lowest BCUT2D eigenvalue weighted by Crippen LogP contribution is -2.27. The highest BCUT2D eigenvalue weighted by Gasteiger charge is 2.70. The number of nitrogens with zero attached hydrogens (tertiary/aromatic N) is 1. The fourth-order valence-corrected chi connectivity index (χ4v) is 2.58. The van der Waals surface area contributed by atoms with Gasteiger partial charge in [0.25, 0.3) is 5.92 Å². The molecule has 2 aromatic rings. The van der Waals surface area contributed by atoms with Crippen molar-refractivity contribution in [3.05, 3.63) is 40.0 Å². The molecule has 0 radical (unpaired) electrons. The van der Waals surface area contributed by atoms with Crippen LogP contribution in [0.15, 0.2) is 24.4 Å². The van der Waals surface area contributed by atoms with Gasteiger partial charge in [0.2, 0.25) is 0 Å². The number of hydrogen-bond acceptors (Lipinski definition) is 2. The summed E-state index contributed by atoms with van der Waals surface area (Å²) in [5, 5.41) is 1.20. The van der Waals surface area contributed by atoms with Gasteiger partial charge in [-0.3, -0.25) is 4.98 Å². The second kappa shape index (κ2) is 3.53. The summed E-state index contributed by atoms with van der Waals surface area (Å²) in [6, 6.07) is 4.94. The Bertz CT molecular complexity index is 660. The predicted octanol–water partition coefficient (Wildman–Crippen LogP) is 3.73. The Labute approximate surface area is 112 Å². The summed E-state index contributed by atoms with van der Waals surface area (Å²) in [5.41, 5.74) is 4.74. The van der Waals surface area contributed by atoms with Gasteiger partial charge < -0.3 is 5.73 Å². The van der Waals surface area contributed by atoms with Crippen molar-refractivity contribution in [3.63, 3.8) is 0 Å². The zero-order chi connectivity index (χ0) is 13.1. The number of nitrogens with two attached hydrogens (primary N) is 1. The first kappa shape index (κ1) is 12.1. The molecule has 1 saturated carbocycles. The van der Waals surface area contributed by atoms with Crippen molar-refractivity contribution >= 4 is 34.1 Å². The topological polar surface area (TPSA) is 38.9 Å². The number of alkyl halides is 2. The first-order valence-corrected chi connectivity index (χ1v) is 6.02. The van der Waals surface area contributed by atoms with Crippen LogP contribution in [-0.2, 0) is 5.54 Å². The third-order valence-corrected chi connectivity index (χ3v) is 3.92. The van der Waals surface area contributed by atoms with E-state index in [1.54, 1.807) is 18.2 Å². The lowest BCUT2D eigenvalue weighted by atomic mass is 10.0. The molecule has 1 aliphatic rings. The van der Waals surface area contributed by atoms with E-state index in [9.17, 15) is 8.78 Å². The van der Waals surface area contributed by atoms with Crippen LogP contribution in [0.25, 0.3) is 10.9 Å². The maximum Gasteiger partial charge on any atom is 0.272 e. The number of rotatable bonds is 1. The Kier molecular flexibility index (Phi) is 2.37. The fraction of sp³-hybridized carbons (Fsp3) is 0.250. The molecule has 3 rings (SSSR count). The molecule has 0 spiro atoms. The van der Waals surface area contributed by atoms with Gasteiger partial charge in [-0.2, -0.15) is 0 Å². The Morgan fingerprint density at radius 2 is 1.94 bits per heavy atom. The quantitative estimate of drug-likeness (QED) is 0.868. The fourth-order valence-electron chi connectivity index (χ4n) is 2.04. The maximum absolute atomic E-state index is 13.3. The van der Waals surface area contributed by atoms with Gasteiger partial charge in [0, 0.05) is 28.6 Å². The molecule has 1 fully saturated rings. The van der Waals surface area contributed by atoms with Crippen LogP contribution >= 0.6 is 23.2 Å². The highest BCUT2D eigenvalue weighted by molar-refractivity contribution is 6.37. The summed E-state index contributed by atoms with van der Waals surface area (Å²) in [4.78, 5) is 4.10. The van der Waals surface area contributed by atoms with Gasteiger partial charge in [-0.05, 0) is 18.2 Å². The van der Waals surface area contributed by atoms with Crippen molar-refractivity contribution < 1.29 is 8.78 Å². The largest absolute Gasteiger partial charge is 0.316 e. The molecule has 1 aromatic carbocycles. The van der Waals surface area contributed by atoms with Gasteiger partial charge in [-0.1, -0.05) is 23.2 Å². The van der Waals surface area contributed by atoms with Crippen LogP contribution in [0.2, 0.25) is 10.0 Å². The molecule has 6 heteroatoms. The van der Waals surface area contributed by atoms with Gasteiger partial charge in [0.15, 0.2) is 0 Å². The van der Waals surface area contributed by atoms with E-state index in [0.29, 0.717) is 15.9 Å². The standard InChI is InChI=1S/C12H8Cl2F2N2/c13-6-1-2-9-7(3-6)10(14)8(4-18-9)11(17)5-12(11,15)16/h1-4H,5,17H2. The van der Waals surface area contributed by atoms with Gasteiger partial charge in [0.05, 0.1) is 10.5 Å². The number of pyridine rings is 1. The molecule has 18 heavy (non-hydrogen) atoms. The molecule has 0 saturated heterocycles. The zero-order valence-electron chi connectivity index (χ0n) is 9.05. The van der Waals surface area contributed by atoms with E-state index in [1.807, 2.05) is 0 Å². The van der Waals surface area contributed by atoms with Crippen molar-refractivity contribution in [1.82, 2.24) is 4.98 Å². The third kappa shape index (κ3) is 1.53. The molecular formula is C12H8Cl2F2N2. The van der Waals surface area contributed by atoms with Crippen LogP contribution < -0.4 is 5.73 Å². The van der Waals surface area contributed by atoms with E-state index >= 15 is 0 Å². The second-order valence-electron chi connectivity index (χ2n) is 4.50. The molecule has 1 atom stereocenters. The maximum atomic E-state index is 13.3. The highest BCUT2D eigenvalue weighted by Crippen LogP contribution is 2.59. The molecule has 1 heterocycles. The Morgan fingerprint density at radius 3 is 2.56 bits per heavy atom. The summed E-state index contributed by atoms with van der Waals surface area (Å²) < 4.78 is 26.6. The smallest absolute Gasteiger partial charge is 0.272 e. The summed E-state index contributed by atoms with van der Waals surface area (Å²) in [6.45, 7) is 0. The van der Waals surface area contributed by atoms with Crippen molar-refractivity contribution in [3.8, 4) is 0 Å². The van der Waals surface area contributed by atoms with Crippen molar-refractivity contribution in [2.45, 2.75) is 17.9 Å². The van der Waals surface area contributed by atoms with Gasteiger partial charge in [-0.15, -0.1) is 0 Å². The van der Waals surface area contributed by atoms with Gasteiger partial charge in [-0.25, -0.2) is 8.78 Å². The number of aromatic nitrogens is 1. The molecule has 0 bridgehead atoms. The molecule has 1 unspecified atom stereocenters. The van der Waals surface area contributed by atoms with Crippen molar-refractivity contribution in [2.75, 3.05) is 0 Å². The third-order valence-electron chi connectivity index (χ3n) is 3.27. The summed E-state index contributed by atoms with van der Waals surface area (Å²) >= 11 is 12.0. The molecule has 94 valence electrons. The summed E-state index contributed by atoms with van der Waals surface area (Å²) in [5.74, 6) is -2.93. The lowest BCUT2D eigenvalue weighted by Gasteiger charge is -2.14. The van der Waals surface area contributed by atoms with Crippen LogP contribution in [0.3, 0.4) is 0 Å². The molecule has 0 aliphatic heterocycles. The van der Waals surface area contributed by atoms with E-state index in [2.05, 4.69) is 4.98 Å². The molecule has 2 nitrogen and oxygen atoms in total. The second-order valence-corrected chi connectivity index (χ2v) is 5.31. The lowest BCUT2D eigenvalue weighted by molar-refractivity contribution is 0.0891. The van der Waals surface area contributed by atoms with Crippen LogP contribution in [0.1, 0.15) is 12.0 Å². The Balaban J connectivity index is 2.24. The molecule has 2 N–H and O–H groups in total. The minimum absolute atomic E-state index is 0.170. The highest BCUT2D eigenvalue weighted by atomic mass is 35.5. The average Bonchev–Trinajstić information content (AvgIpc) is 2.80. The van der Waals surface area contributed by atoms with E-state index in [-0.39, 0.29) is 10.6 Å². The molecular weight excluding hydrogens is 281 g/mol. The van der Waals surface area contributed by atoms with Crippen LogP contribution in [0.4, 0.5) is 8.78 Å². The normalized spacial score (nSPS) is 25.4. The SMILES string of the molecule is NC1(c2cnc3ccc(Cl)cc3c2Cl)CC1(F)F. The molecule has 0 amide bonds. The number of fused-ring (bicyclic) bond motifs is 1. The van der Waals surface area contributed by atoms with E-state index in [0.717, 1.165) is 0 Å². The summed E-state index contributed by atoms with van der Waals surface area (Å²) in [6.07, 6.45) is 0.910. The molecule has 1 aromatic heterocycles. The first-order valence-electron chi connectivity index (χ1n) is 5.26. The minimum atomic E-state index is -2.93. The molecule has 1 aliphatic carbocycles. The van der Waals surface area contributed by atoms with Crippen LogP contribution in [0, 0.1) is 0 Å². The Morgan fingerprint density at radius 1 is 1.28 bits per heavy atom. The number of benzene rings is 1. The van der Waals surface area contributed by atoms with Gasteiger partial charge in [0.1, 0.15) is 5.54 Å². The van der Waals surface area contributed by atoms with Gasteiger partial charge >= 0.3 is 0 Å². The van der Waals surface area contributed by atoms with Crippen LogP contribution in [-0.4, -0.2) is 10.9 Å². The number of halogens is 4. The Hall–Kier alpha value is -0.970. The first-order chi connectivity index (χ1) is 8.35. The average molecular weight is 289 g/mol. The predicted molar refractivity (Wildman–Crippen MR) is 67.2 cm³/mol. The van der Waals surface area contributed by atoms with Crippen molar-refractivity contribution in [2.24, 2.45) is 5.73 Å².